The second-order valence-corrected chi connectivity index (χ2v) is 9.66. The quantitative estimate of drug-likeness (QED) is 0.307. The van der Waals surface area contributed by atoms with Crippen molar-refractivity contribution in [1.29, 1.82) is 0 Å². The Morgan fingerprint density at radius 1 is 0.917 bits per heavy atom. The Balaban J connectivity index is 1.40. The van der Waals surface area contributed by atoms with Crippen LogP contribution in [0, 0.1) is 5.82 Å². The highest BCUT2D eigenvalue weighted by Gasteiger charge is 2.42. The second-order valence-electron chi connectivity index (χ2n) is 9.27. The number of hydrogen-bond donors (Lipinski definition) is 1. The second kappa shape index (κ2) is 9.74. The van der Waals surface area contributed by atoms with Crippen LogP contribution >= 0.6 is 12.2 Å². The number of ether oxygens (including phenoxy) is 1. The first-order valence-electron chi connectivity index (χ1n) is 12.4. The lowest BCUT2D eigenvalue weighted by molar-refractivity contribution is 0.210. The molecule has 1 saturated carbocycles. The van der Waals surface area contributed by atoms with E-state index < -0.39 is 0 Å². The molecule has 36 heavy (non-hydrogen) atoms. The molecule has 0 spiro atoms. The predicted molar refractivity (Wildman–Crippen MR) is 143 cm³/mol. The zero-order valence-corrected chi connectivity index (χ0v) is 20.6. The smallest absolute Gasteiger partial charge is 0.174 e. The Hall–Kier alpha value is -3.71. The van der Waals surface area contributed by atoms with Gasteiger partial charge in [-0.3, -0.25) is 4.98 Å². The zero-order chi connectivity index (χ0) is 24.5. The molecule has 1 saturated heterocycles. The lowest BCUT2D eigenvalue weighted by Gasteiger charge is -2.29. The third-order valence-corrected chi connectivity index (χ3v) is 7.33. The van der Waals surface area contributed by atoms with E-state index in [1.54, 1.807) is 18.3 Å². The molecular formula is C29H27FN4OS. The van der Waals surface area contributed by atoms with Gasteiger partial charge in [0.15, 0.2) is 5.11 Å². The van der Waals surface area contributed by atoms with Crippen molar-refractivity contribution in [2.75, 3.05) is 4.90 Å². The fourth-order valence-corrected chi connectivity index (χ4v) is 5.66. The number of nitrogens with zero attached hydrogens (tertiary/aromatic N) is 3. The van der Waals surface area contributed by atoms with Crippen LogP contribution in [0.15, 0.2) is 91.3 Å². The van der Waals surface area contributed by atoms with Gasteiger partial charge in [-0.1, -0.05) is 18.2 Å². The van der Waals surface area contributed by atoms with Gasteiger partial charge in [0.05, 0.1) is 23.5 Å². The number of benzene rings is 2. The van der Waals surface area contributed by atoms with Crippen LogP contribution < -0.4 is 15.0 Å². The first-order valence-corrected chi connectivity index (χ1v) is 12.8. The van der Waals surface area contributed by atoms with Crippen molar-refractivity contribution < 1.29 is 9.13 Å². The summed E-state index contributed by atoms with van der Waals surface area (Å²) in [6.07, 6.45) is 8.66. The summed E-state index contributed by atoms with van der Waals surface area (Å²) < 4.78 is 22.9. The van der Waals surface area contributed by atoms with Crippen molar-refractivity contribution in [3.63, 3.8) is 0 Å². The Morgan fingerprint density at radius 3 is 2.44 bits per heavy atom. The lowest BCUT2D eigenvalue weighted by Crippen LogP contribution is -2.30. The molecule has 0 unspecified atom stereocenters. The van der Waals surface area contributed by atoms with Gasteiger partial charge in [-0.25, -0.2) is 4.39 Å². The molecule has 0 radical (unpaired) electrons. The molecule has 6 rings (SSSR count). The summed E-state index contributed by atoms with van der Waals surface area (Å²) in [6, 6.07) is 24.3. The molecule has 1 aliphatic carbocycles. The van der Waals surface area contributed by atoms with Crippen LogP contribution in [-0.4, -0.2) is 20.8 Å². The van der Waals surface area contributed by atoms with Gasteiger partial charge in [0, 0.05) is 23.8 Å². The van der Waals surface area contributed by atoms with E-state index in [0.29, 0.717) is 16.9 Å². The van der Waals surface area contributed by atoms with Crippen molar-refractivity contribution in [3.8, 4) is 11.4 Å². The van der Waals surface area contributed by atoms with E-state index in [2.05, 4.69) is 15.2 Å². The van der Waals surface area contributed by atoms with E-state index in [9.17, 15) is 4.39 Å². The van der Waals surface area contributed by atoms with Gasteiger partial charge in [0.1, 0.15) is 17.6 Å². The number of para-hydroxylation sites is 1. The molecule has 1 aliphatic heterocycles. The topological polar surface area (TPSA) is 42.3 Å². The summed E-state index contributed by atoms with van der Waals surface area (Å²) in [7, 11) is 0. The fourth-order valence-electron chi connectivity index (χ4n) is 5.32. The first-order chi connectivity index (χ1) is 17.7. The average molecular weight is 499 g/mol. The van der Waals surface area contributed by atoms with Crippen molar-refractivity contribution in [3.05, 3.63) is 108 Å². The van der Waals surface area contributed by atoms with Crippen molar-refractivity contribution in [1.82, 2.24) is 14.9 Å². The maximum Gasteiger partial charge on any atom is 0.174 e. The molecule has 182 valence electrons. The lowest BCUT2D eigenvalue weighted by atomic mass is 10.0. The summed E-state index contributed by atoms with van der Waals surface area (Å²) >= 11 is 5.86. The number of rotatable bonds is 6. The Labute approximate surface area is 215 Å². The number of halogens is 1. The summed E-state index contributed by atoms with van der Waals surface area (Å²) in [5.74, 6) is 0.592. The minimum absolute atomic E-state index is 0.214. The molecular weight excluding hydrogens is 471 g/mol. The highest BCUT2D eigenvalue weighted by atomic mass is 32.1. The molecule has 2 aliphatic rings. The number of aromatic nitrogens is 2. The molecule has 4 aromatic rings. The molecule has 2 aromatic carbocycles. The molecule has 2 fully saturated rings. The molecule has 0 amide bonds. The van der Waals surface area contributed by atoms with Crippen molar-refractivity contribution in [2.45, 2.75) is 43.9 Å². The molecule has 2 atom stereocenters. The number of thiocarbonyl (C=S) groups is 1. The van der Waals surface area contributed by atoms with Gasteiger partial charge in [-0.05, 0) is 98.6 Å². The maximum absolute atomic E-state index is 14.8. The van der Waals surface area contributed by atoms with Gasteiger partial charge in [0.2, 0.25) is 0 Å². The van der Waals surface area contributed by atoms with E-state index in [1.165, 1.54) is 18.9 Å². The molecule has 7 heteroatoms. The standard InChI is InChI=1S/C29H27FN4OS/c30-23-10-3-4-12-25(23)33-19-7-13-26(33)28-27(24-11-5-6-18-31-24)32-29(36)34(28)20-14-16-22(17-15-20)35-21-8-1-2-9-21/h3-7,10-19,21,27-28H,1-2,8-9H2,(H,32,36)/t27-,28+/m1/s1. The highest BCUT2D eigenvalue weighted by molar-refractivity contribution is 7.80. The van der Waals surface area contributed by atoms with E-state index in [-0.39, 0.29) is 17.9 Å². The fraction of sp³-hybridized carbons (Fsp3) is 0.241. The van der Waals surface area contributed by atoms with Crippen LogP contribution in [0.5, 0.6) is 5.75 Å². The van der Waals surface area contributed by atoms with E-state index in [4.69, 9.17) is 17.0 Å². The molecule has 5 nitrogen and oxygen atoms in total. The predicted octanol–water partition coefficient (Wildman–Crippen LogP) is 6.51. The van der Waals surface area contributed by atoms with Crippen LogP contribution in [0.4, 0.5) is 10.1 Å². The van der Waals surface area contributed by atoms with Crippen LogP contribution in [0.25, 0.3) is 5.69 Å². The SMILES string of the molecule is Fc1ccccc1-n1cccc1[C@H]1[C@@H](c2ccccn2)NC(=S)N1c1ccc(OC2CCCC2)cc1. The summed E-state index contributed by atoms with van der Waals surface area (Å²) in [6.45, 7) is 0. The van der Waals surface area contributed by atoms with Crippen LogP contribution in [-0.2, 0) is 0 Å². The minimum atomic E-state index is -0.280. The van der Waals surface area contributed by atoms with Gasteiger partial charge in [-0.15, -0.1) is 0 Å². The van der Waals surface area contributed by atoms with Crippen molar-refractivity contribution >= 4 is 23.0 Å². The minimum Gasteiger partial charge on any atom is -0.490 e. The van der Waals surface area contributed by atoms with Gasteiger partial charge < -0.3 is 19.5 Å². The zero-order valence-electron chi connectivity index (χ0n) is 19.8. The number of hydrogen-bond acceptors (Lipinski definition) is 3. The maximum atomic E-state index is 14.8. The molecule has 3 heterocycles. The number of pyridine rings is 1. The summed E-state index contributed by atoms with van der Waals surface area (Å²) in [4.78, 5) is 6.72. The number of anilines is 1. The normalized spacial score (nSPS) is 20.0. The molecule has 0 bridgehead atoms. The Kier molecular flexibility index (Phi) is 6.15. The summed E-state index contributed by atoms with van der Waals surface area (Å²) in [5.41, 5.74) is 3.22. The van der Waals surface area contributed by atoms with E-state index in [0.717, 1.165) is 35.7 Å². The van der Waals surface area contributed by atoms with Crippen LogP contribution in [0.2, 0.25) is 0 Å². The summed E-state index contributed by atoms with van der Waals surface area (Å²) in [5, 5.41) is 4.08. The third-order valence-electron chi connectivity index (χ3n) is 7.01. The third kappa shape index (κ3) is 4.24. The average Bonchev–Trinajstić information content (AvgIpc) is 3.66. The van der Waals surface area contributed by atoms with E-state index in [1.807, 2.05) is 71.4 Å². The van der Waals surface area contributed by atoms with Gasteiger partial charge in [0.25, 0.3) is 0 Å². The number of nitrogens with one attached hydrogen (secondary N) is 1. The largest absolute Gasteiger partial charge is 0.490 e. The highest BCUT2D eigenvalue weighted by Crippen LogP contribution is 2.42. The Morgan fingerprint density at radius 2 is 1.69 bits per heavy atom. The Bertz CT molecular complexity index is 1350. The monoisotopic (exact) mass is 498 g/mol. The van der Waals surface area contributed by atoms with Gasteiger partial charge >= 0.3 is 0 Å². The van der Waals surface area contributed by atoms with E-state index >= 15 is 0 Å². The van der Waals surface area contributed by atoms with Crippen LogP contribution in [0.1, 0.15) is 49.2 Å². The molecule has 2 aromatic heterocycles. The molecule has 1 N–H and O–H groups in total. The van der Waals surface area contributed by atoms with Crippen molar-refractivity contribution in [2.24, 2.45) is 0 Å². The first kappa shape index (κ1) is 22.7. The van der Waals surface area contributed by atoms with Gasteiger partial charge in [-0.2, -0.15) is 0 Å². The van der Waals surface area contributed by atoms with Crippen LogP contribution in [0.3, 0.4) is 0 Å².